The molecule has 2 aromatic carbocycles. The van der Waals surface area contributed by atoms with E-state index in [1.54, 1.807) is 0 Å². The van der Waals surface area contributed by atoms with Gasteiger partial charge in [-0.15, -0.1) is 0 Å². The standard InChI is InChI=1S/C30H36N6O2/c1-20(2)28(37)34-15-17-35(18-16-34)30-32-26-24(19-36(21(3)4)29(26)38)27(33-30)31-25(22-11-7-5-8-12-22)23-13-9-6-10-14-23/h5-14,20-21,25H,15-19H2,1-4H3,(H,31,32,33). The molecule has 0 radical (unpaired) electrons. The molecule has 5 rings (SSSR count). The highest BCUT2D eigenvalue weighted by atomic mass is 16.2. The highest BCUT2D eigenvalue weighted by molar-refractivity contribution is 5.98. The number of aromatic nitrogens is 2. The second-order valence-electron chi connectivity index (χ2n) is 10.6. The van der Waals surface area contributed by atoms with Gasteiger partial charge in [-0.3, -0.25) is 9.59 Å². The molecule has 38 heavy (non-hydrogen) atoms. The Morgan fingerprint density at radius 2 is 1.42 bits per heavy atom. The Morgan fingerprint density at radius 3 is 1.95 bits per heavy atom. The van der Waals surface area contributed by atoms with Crippen molar-refractivity contribution in [3.05, 3.63) is 83.0 Å². The normalized spacial score (nSPS) is 15.6. The SMILES string of the molecule is CC(C)C(=O)N1CCN(c2nc(NC(c3ccccc3)c3ccccc3)c3c(n2)C(=O)N(C(C)C)C3)CC1. The van der Waals surface area contributed by atoms with Crippen molar-refractivity contribution in [1.82, 2.24) is 19.8 Å². The molecule has 0 unspecified atom stereocenters. The van der Waals surface area contributed by atoms with E-state index in [-0.39, 0.29) is 29.8 Å². The molecular weight excluding hydrogens is 476 g/mol. The average molecular weight is 513 g/mol. The van der Waals surface area contributed by atoms with Crippen LogP contribution in [0.15, 0.2) is 60.7 Å². The molecule has 3 aromatic rings. The van der Waals surface area contributed by atoms with Crippen molar-refractivity contribution in [1.29, 1.82) is 0 Å². The molecule has 0 atom stereocenters. The number of hydrogen-bond donors (Lipinski definition) is 1. The predicted octanol–water partition coefficient (Wildman–Crippen LogP) is 4.35. The summed E-state index contributed by atoms with van der Waals surface area (Å²) in [6, 6.07) is 20.5. The number of nitrogens with one attached hydrogen (secondary N) is 1. The van der Waals surface area contributed by atoms with Crippen LogP contribution >= 0.6 is 0 Å². The summed E-state index contributed by atoms with van der Waals surface area (Å²) in [6.45, 7) is 10.8. The minimum Gasteiger partial charge on any atom is -0.359 e. The highest BCUT2D eigenvalue weighted by Crippen LogP contribution is 2.34. The van der Waals surface area contributed by atoms with Crippen molar-refractivity contribution >= 4 is 23.6 Å². The van der Waals surface area contributed by atoms with Crippen LogP contribution in [0, 0.1) is 5.92 Å². The smallest absolute Gasteiger partial charge is 0.273 e. The molecule has 1 saturated heterocycles. The van der Waals surface area contributed by atoms with Crippen molar-refractivity contribution < 1.29 is 9.59 Å². The zero-order valence-corrected chi connectivity index (χ0v) is 22.6. The summed E-state index contributed by atoms with van der Waals surface area (Å²) in [5.74, 6) is 1.28. The molecule has 198 valence electrons. The molecule has 1 N–H and O–H groups in total. The Morgan fingerprint density at radius 1 is 0.842 bits per heavy atom. The lowest BCUT2D eigenvalue weighted by Crippen LogP contribution is -2.50. The second-order valence-corrected chi connectivity index (χ2v) is 10.6. The number of hydrogen-bond acceptors (Lipinski definition) is 6. The Balaban J connectivity index is 1.52. The minimum atomic E-state index is -0.145. The molecule has 3 heterocycles. The molecule has 8 heteroatoms. The molecule has 8 nitrogen and oxygen atoms in total. The van der Waals surface area contributed by atoms with Crippen molar-refractivity contribution in [3.8, 4) is 0 Å². The summed E-state index contributed by atoms with van der Waals surface area (Å²) < 4.78 is 0. The zero-order valence-electron chi connectivity index (χ0n) is 22.6. The van der Waals surface area contributed by atoms with Crippen LogP contribution in [-0.2, 0) is 11.3 Å². The lowest BCUT2D eigenvalue weighted by molar-refractivity contribution is -0.134. The van der Waals surface area contributed by atoms with Gasteiger partial charge in [0.15, 0.2) is 0 Å². The van der Waals surface area contributed by atoms with Gasteiger partial charge >= 0.3 is 0 Å². The van der Waals surface area contributed by atoms with Crippen molar-refractivity contribution in [2.75, 3.05) is 36.4 Å². The van der Waals surface area contributed by atoms with Crippen LogP contribution in [0.4, 0.5) is 11.8 Å². The summed E-state index contributed by atoms with van der Waals surface area (Å²) in [6.07, 6.45) is 0. The van der Waals surface area contributed by atoms with E-state index in [9.17, 15) is 9.59 Å². The molecular formula is C30H36N6O2. The van der Waals surface area contributed by atoms with Crippen LogP contribution in [0.1, 0.15) is 60.9 Å². The van der Waals surface area contributed by atoms with Gasteiger partial charge in [0.1, 0.15) is 11.5 Å². The topological polar surface area (TPSA) is 81.7 Å². The number of amides is 2. The van der Waals surface area contributed by atoms with Crippen molar-refractivity contribution in [3.63, 3.8) is 0 Å². The number of rotatable bonds is 7. The van der Waals surface area contributed by atoms with Gasteiger partial charge < -0.3 is 20.0 Å². The molecule has 2 aliphatic heterocycles. The number of benzene rings is 2. The lowest BCUT2D eigenvalue weighted by atomic mass is 9.98. The number of nitrogens with zero attached hydrogens (tertiary/aromatic N) is 5. The average Bonchev–Trinajstić information content (AvgIpc) is 3.29. The van der Waals surface area contributed by atoms with Gasteiger partial charge in [0.2, 0.25) is 11.9 Å². The summed E-state index contributed by atoms with van der Waals surface area (Å²) in [4.78, 5) is 41.5. The van der Waals surface area contributed by atoms with Crippen LogP contribution in [0.25, 0.3) is 0 Å². The molecule has 0 spiro atoms. The van der Waals surface area contributed by atoms with Crippen LogP contribution in [0.5, 0.6) is 0 Å². The van der Waals surface area contributed by atoms with Gasteiger partial charge in [0, 0.05) is 43.7 Å². The Labute approximate surface area is 224 Å². The highest BCUT2D eigenvalue weighted by Gasteiger charge is 2.36. The van der Waals surface area contributed by atoms with Crippen molar-refractivity contribution in [2.45, 2.75) is 46.3 Å². The Kier molecular flexibility index (Phi) is 7.31. The van der Waals surface area contributed by atoms with E-state index in [2.05, 4.69) is 34.5 Å². The molecule has 0 aliphatic carbocycles. The number of piperazine rings is 1. The maximum absolute atomic E-state index is 13.4. The van der Waals surface area contributed by atoms with Gasteiger partial charge in [-0.05, 0) is 25.0 Å². The number of carbonyl (C=O) groups excluding carboxylic acids is 2. The van der Waals surface area contributed by atoms with Gasteiger partial charge in [-0.2, -0.15) is 4.98 Å². The van der Waals surface area contributed by atoms with Gasteiger partial charge in [0.05, 0.1) is 12.6 Å². The molecule has 1 aromatic heterocycles. The maximum Gasteiger partial charge on any atom is 0.273 e. The van der Waals surface area contributed by atoms with Crippen LogP contribution in [-0.4, -0.2) is 63.8 Å². The third-order valence-electron chi connectivity index (χ3n) is 7.33. The van der Waals surface area contributed by atoms with E-state index in [1.807, 2.05) is 73.9 Å². The maximum atomic E-state index is 13.4. The van der Waals surface area contributed by atoms with Crippen molar-refractivity contribution in [2.24, 2.45) is 5.92 Å². The number of fused-ring (bicyclic) bond motifs is 1. The molecule has 0 saturated carbocycles. The molecule has 2 aliphatic rings. The molecule has 0 bridgehead atoms. The summed E-state index contributed by atoms with van der Waals surface area (Å²) in [7, 11) is 0. The first-order valence-electron chi connectivity index (χ1n) is 13.5. The Bertz CT molecular complexity index is 1250. The van der Waals surface area contributed by atoms with E-state index in [0.717, 1.165) is 16.7 Å². The van der Waals surface area contributed by atoms with E-state index in [0.29, 0.717) is 50.2 Å². The number of anilines is 2. The fourth-order valence-corrected chi connectivity index (χ4v) is 5.13. The van der Waals surface area contributed by atoms with E-state index in [4.69, 9.17) is 9.97 Å². The van der Waals surface area contributed by atoms with Gasteiger partial charge in [0.25, 0.3) is 5.91 Å². The fourth-order valence-electron chi connectivity index (χ4n) is 5.13. The third kappa shape index (κ3) is 5.08. The minimum absolute atomic E-state index is 0.0267. The summed E-state index contributed by atoms with van der Waals surface area (Å²) in [5.41, 5.74) is 3.52. The van der Waals surface area contributed by atoms with Gasteiger partial charge in [-0.1, -0.05) is 74.5 Å². The molecule has 1 fully saturated rings. The third-order valence-corrected chi connectivity index (χ3v) is 7.33. The van der Waals surface area contributed by atoms with Gasteiger partial charge in [-0.25, -0.2) is 4.98 Å². The first-order valence-corrected chi connectivity index (χ1v) is 13.5. The zero-order chi connectivity index (χ0) is 26.8. The number of carbonyl (C=O) groups is 2. The first kappa shape index (κ1) is 25.7. The Hall–Kier alpha value is -3.94. The quantitative estimate of drug-likeness (QED) is 0.507. The van der Waals surface area contributed by atoms with E-state index < -0.39 is 0 Å². The summed E-state index contributed by atoms with van der Waals surface area (Å²) >= 11 is 0. The largest absolute Gasteiger partial charge is 0.359 e. The molecule has 2 amide bonds. The lowest BCUT2D eigenvalue weighted by Gasteiger charge is -2.36. The second kappa shape index (κ2) is 10.8. The van der Waals surface area contributed by atoms with E-state index >= 15 is 0 Å². The summed E-state index contributed by atoms with van der Waals surface area (Å²) in [5, 5.41) is 3.69. The predicted molar refractivity (Wildman–Crippen MR) is 149 cm³/mol. The fraction of sp³-hybridized carbons (Fsp3) is 0.400. The monoisotopic (exact) mass is 512 g/mol. The first-order chi connectivity index (χ1) is 18.3. The van der Waals surface area contributed by atoms with Crippen LogP contribution in [0.3, 0.4) is 0 Å². The van der Waals surface area contributed by atoms with Crippen LogP contribution < -0.4 is 10.2 Å². The van der Waals surface area contributed by atoms with E-state index in [1.165, 1.54) is 0 Å². The van der Waals surface area contributed by atoms with Crippen LogP contribution in [0.2, 0.25) is 0 Å².